The van der Waals surface area contributed by atoms with Crippen LogP contribution >= 0.6 is 0 Å². The fourth-order valence-corrected chi connectivity index (χ4v) is 3.62. The summed E-state index contributed by atoms with van der Waals surface area (Å²) < 4.78 is 0. The molecular formula is C23H23N3O5. The summed E-state index contributed by atoms with van der Waals surface area (Å²) in [5.74, 6) is -1.53. The van der Waals surface area contributed by atoms with E-state index in [1.807, 2.05) is 25.1 Å². The summed E-state index contributed by atoms with van der Waals surface area (Å²) in [6, 6.07) is 10.6. The van der Waals surface area contributed by atoms with Gasteiger partial charge in [-0.1, -0.05) is 24.3 Å². The first-order valence-electron chi connectivity index (χ1n) is 9.89. The lowest BCUT2D eigenvalue weighted by molar-refractivity contribution is -0.121. The zero-order valence-electron chi connectivity index (χ0n) is 17.3. The van der Waals surface area contributed by atoms with Gasteiger partial charge in [0, 0.05) is 18.7 Å². The molecule has 0 saturated carbocycles. The van der Waals surface area contributed by atoms with E-state index in [-0.39, 0.29) is 36.3 Å². The van der Waals surface area contributed by atoms with Crippen LogP contribution in [0.1, 0.15) is 51.6 Å². The molecule has 1 heterocycles. The summed E-state index contributed by atoms with van der Waals surface area (Å²) >= 11 is 0. The number of nitrogens with one attached hydrogen (secondary N) is 2. The molecule has 0 bridgehead atoms. The van der Waals surface area contributed by atoms with Gasteiger partial charge in [0.25, 0.3) is 11.8 Å². The van der Waals surface area contributed by atoms with E-state index in [9.17, 15) is 24.0 Å². The van der Waals surface area contributed by atoms with Crippen molar-refractivity contribution in [2.45, 2.75) is 39.3 Å². The summed E-state index contributed by atoms with van der Waals surface area (Å²) in [5.41, 5.74) is 2.45. The highest BCUT2D eigenvalue weighted by atomic mass is 16.2. The lowest BCUT2D eigenvalue weighted by Crippen LogP contribution is -2.44. The lowest BCUT2D eigenvalue weighted by Gasteiger charge is -2.23. The van der Waals surface area contributed by atoms with Crippen LogP contribution in [0.2, 0.25) is 0 Å². The van der Waals surface area contributed by atoms with Crippen LogP contribution in [0.5, 0.6) is 0 Å². The highest BCUT2D eigenvalue weighted by Crippen LogP contribution is 2.29. The largest absolute Gasteiger partial charge is 0.334 e. The molecule has 1 aliphatic rings. The fourth-order valence-electron chi connectivity index (χ4n) is 3.62. The molecule has 160 valence electrons. The molecule has 1 atom stereocenters. The van der Waals surface area contributed by atoms with Crippen molar-refractivity contribution in [1.29, 1.82) is 0 Å². The number of amides is 4. The Morgan fingerprint density at radius 3 is 2.52 bits per heavy atom. The smallest absolute Gasteiger partial charge is 0.319 e. The van der Waals surface area contributed by atoms with Crippen LogP contribution in [-0.2, 0) is 16.1 Å². The molecule has 1 unspecified atom stereocenters. The van der Waals surface area contributed by atoms with E-state index in [0.717, 1.165) is 10.5 Å². The molecule has 0 aromatic heterocycles. The summed E-state index contributed by atoms with van der Waals surface area (Å²) in [4.78, 5) is 61.9. The molecule has 8 nitrogen and oxygen atoms in total. The Bertz CT molecular complexity index is 1060. The summed E-state index contributed by atoms with van der Waals surface area (Å²) in [6.45, 7) is 3.22. The van der Waals surface area contributed by atoms with Crippen molar-refractivity contribution in [3.05, 3.63) is 64.7 Å². The van der Waals surface area contributed by atoms with Crippen LogP contribution in [0.25, 0.3) is 0 Å². The molecular weight excluding hydrogens is 398 g/mol. The van der Waals surface area contributed by atoms with E-state index < -0.39 is 23.9 Å². The summed E-state index contributed by atoms with van der Waals surface area (Å²) in [7, 11) is 0. The second-order valence-electron chi connectivity index (χ2n) is 7.37. The summed E-state index contributed by atoms with van der Waals surface area (Å²) in [6.07, 6.45) is 0.790. The van der Waals surface area contributed by atoms with Gasteiger partial charge in [-0.15, -0.1) is 0 Å². The maximum absolute atomic E-state index is 13.0. The number of benzene rings is 2. The molecule has 2 N–H and O–H groups in total. The number of Topliss-reactive ketones (excluding diaryl/α,β-unsaturated/α-hetero) is 1. The van der Waals surface area contributed by atoms with Crippen LogP contribution < -0.4 is 10.6 Å². The van der Waals surface area contributed by atoms with Gasteiger partial charge in [0.15, 0.2) is 5.78 Å². The Hall–Kier alpha value is -3.81. The minimum atomic E-state index is -0.997. The first kappa shape index (κ1) is 21.9. The number of hydrogen-bond donors (Lipinski definition) is 2. The van der Waals surface area contributed by atoms with Crippen molar-refractivity contribution in [3.8, 4) is 0 Å². The van der Waals surface area contributed by atoms with Gasteiger partial charge in [0.2, 0.25) is 0 Å². The second-order valence-corrected chi connectivity index (χ2v) is 7.37. The van der Waals surface area contributed by atoms with Gasteiger partial charge < -0.3 is 15.4 Å². The number of rotatable bonds is 8. The Morgan fingerprint density at radius 1 is 1.10 bits per heavy atom. The van der Waals surface area contributed by atoms with E-state index in [4.69, 9.17) is 0 Å². The number of ketones is 1. The number of aryl methyl sites for hydroxylation is 1. The van der Waals surface area contributed by atoms with Crippen molar-refractivity contribution in [2.24, 2.45) is 0 Å². The predicted molar refractivity (Wildman–Crippen MR) is 114 cm³/mol. The zero-order chi connectivity index (χ0) is 22.5. The van der Waals surface area contributed by atoms with Crippen molar-refractivity contribution >= 4 is 35.6 Å². The van der Waals surface area contributed by atoms with Gasteiger partial charge in [0.05, 0.1) is 17.2 Å². The Labute approximate surface area is 179 Å². The topological polar surface area (TPSA) is 113 Å². The second kappa shape index (κ2) is 9.34. The molecule has 0 spiro atoms. The zero-order valence-corrected chi connectivity index (χ0v) is 17.3. The van der Waals surface area contributed by atoms with Gasteiger partial charge in [-0.2, -0.15) is 0 Å². The molecule has 0 saturated heterocycles. The number of aldehydes is 1. The van der Waals surface area contributed by atoms with Crippen LogP contribution in [0.4, 0.5) is 10.5 Å². The molecule has 0 radical (unpaired) electrons. The molecule has 2 aromatic rings. The molecule has 3 rings (SSSR count). The number of carbonyl (C=O) groups excluding carboxylic acids is 5. The predicted octanol–water partition coefficient (Wildman–Crippen LogP) is 2.85. The average molecular weight is 421 g/mol. The van der Waals surface area contributed by atoms with Crippen LogP contribution in [0, 0.1) is 6.92 Å². The molecule has 2 aromatic carbocycles. The molecule has 1 aliphatic heterocycles. The maximum atomic E-state index is 13.0. The minimum Gasteiger partial charge on any atom is -0.334 e. The van der Waals surface area contributed by atoms with E-state index in [1.54, 1.807) is 18.2 Å². The number of fused-ring (bicyclic) bond motifs is 1. The fraction of sp³-hybridized carbons (Fsp3) is 0.261. The molecule has 0 aliphatic carbocycles. The highest BCUT2D eigenvalue weighted by molar-refractivity contribution is 6.23. The Morgan fingerprint density at radius 2 is 1.84 bits per heavy atom. The van der Waals surface area contributed by atoms with Gasteiger partial charge in [-0.05, 0) is 49.6 Å². The minimum absolute atomic E-state index is 0.0206. The van der Waals surface area contributed by atoms with E-state index in [2.05, 4.69) is 10.6 Å². The number of urea groups is 1. The van der Waals surface area contributed by atoms with E-state index >= 15 is 0 Å². The van der Waals surface area contributed by atoms with Gasteiger partial charge in [-0.25, -0.2) is 4.79 Å². The summed E-state index contributed by atoms with van der Waals surface area (Å²) in [5, 5.41) is 5.40. The van der Waals surface area contributed by atoms with Gasteiger partial charge in [0.1, 0.15) is 6.29 Å². The Balaban J connectivity index is 1.77. The van der Waals surface area contributed by atoms with Crippen LogP contribution in [-0.4, -0.2) is 40.9 Å². The number of anilines is 1. The average Bonchev–Trinajstić information content (AvgIpc) is 2.98. The highest BCUT2D eigenvalue weighted by Gasteiger charge is 2.42. The third-order valence-corrected chi connectivity index (χ3v) is 5.09. The first-order valence-corrected chi connectivity index (χ1v) is 9.89. The monoisotopic (exact) mass is 421 g/mol. The van der Waals surface area contributed by atoms with Crippen molar-refractivity contribution in [3.63, 3.8) is 0 Å². The number of carbonyl (C=O) groups is 5. The van der Waals surface area contributed by atoms with Crippen molar-refractivity contribution < 1.29 is 24.0 Å². The van der Waals surface area contributed by atoms with E-state index in [0.29, 0.717) is 17.5 Å². The van der Waals surface area contributed by atoms with Crippen molar-refractivity contribution in [2.75, 3.05) is 5.32 Å². The number of nitrogens with zero attached hydrogens (tertiary/aromatic N) is 1. The van der Waals surface area contributed by atoms with Crippen LogP contribution in [0.3, 0.4) is 0 Å². The van der Waals surface area contributed by atoms with Crippen LogP contribution in [0.15, 0.2) is 42.5 Å². The normalized spacial score (nSPS) is 13.5. The third-order valence-electron chi connectivity index (χ3n) is 5.09. The van der Waals surface area contributed by atoms with Crippen molar-refractivity contribution in [1.82, 2.24) is 10.2 Å². The number of hydrogen-bond acceptors (Lipinski definition) is 5. The molecule has 4 amide bonds. The van der Waals surface area contributed by atoms with Gasteiger partial charge >= 0.3 is 6.03 Å². The molecule has 31 heavy (non-hydrogen) atoms. The third kappa shape index (κ3) is 4.69. The lowest BCUT2D eigenvalue weighted by atomic mass is 10.0. The molecule has 8 heteroatoms. The van der Waals surface area contributed by atoms with E-state index in [1.165, 1.54) is 13.0 Å². The SMILES string of the molecule is CC(=O)C(CCC=O)N1C(=O)c2cccc(CNC(=O)Nc3cccc(C)c3)c2C1=O. The standard InChI is InChI=1S/C23H23N3O5/c1-14-6-3-8-17(12-14)25-23(31)24-13-16-7-4-9-18-20(16)22(30)26(21(18)29)19(15(2)28)10-5-11-27/h3-4,6-9,11-12,19H,5,10,13H2,1-2H3,(H2,24,25,31). The quantitative estimate of drug-likeness (QED) is 0.503. The van der Waals surface area contributed by atoms with Gasteiger partial charge in [-0.3, -0.25) is 19.3 Å². The Kier molecular flexibility index (Phi) is 6.59. The first-order chi connectivity index (χ1) is 14.8. The maximum Gasteiger partial charge on any atom is 0.319 e. The molecule has 0 fully saturated rings. The number of imide groups is 1.